The highest BCUT2D eigenvalue weighted by Gasteiger charge is 2.16. The lowest BCUT2D eigenvalue weighted by Crippen LogP contribution is -2.30. The van der Waals surface area contributed by atoms with Crippen molar-refractivity contribution >= 4 is 58.0 Å². The predicted molar refractivity (Wildman–Crippen MR) is 121 cm³/mol. The zero-order valence-corrected chi connectivity index (χ0v) is 18.1. The summed E-state index contributed by atoms with van der Waals surface area (Å²) in [6, 6.07) is 18.1. The zero-order chi connectivity index (χ0) is 21.7. The summed E-state index contributed by atoms with van der Waals surface area (Å²) in [5, 5.41) is 6.80. The molecule has 0 radical (unpaired) electrons. The third-order valence-corrected chi connectivity index (χ3v) is 4.83. The number of halogens is 3. The monoisotopic (exact) mass is 462 g/mol. The third-order valence-electron chi connectivity index (χ3n) is 4.06. The van der Waals surface area contributed by atoms with Gasteiger partial charge in [-0.25, -0.2) is 0 Å². The second kappa shape index (κ2) is 9.85. The van der Waals surface area contributed by atoms with Crippen LogP contribution in [0.4, 0.5) is 11.4 Å². The van der Waals surface area contributed by atoms with E-state index in [4.69, 9.17) is 39.5 Å². The standard InChI is InChI=1S/C22H17Cl3N2O3/c1-13(30-20-10-5-16(24)12-19(20)25)21(28)26-17-6-8-18(9-7-17)27-22(29)14-3-2-4-15(23)11-14/h2-13H,1H3,(H,26,28)(H,27,29). The van der Waals surface area contributed by atoms with Gasteiger partial charge >= 0.3 is 0 Å². The first-order valence-electron chi connectivity index (χ1n) is 8.91. The Bertz CT molecular complexity index is 1070. The molecule has 0 aliphatic rings. The van der Waals surface area contributed by atoms with E-state index in [0.717, 1.165) is 0 Å². The Balaban J connectivity index is 1.58. The van der Waals surface area contributed by atoms with E-state index >= 15 is 0 Å². The van der Waals surface area contributed by atoms with Crippen molar-refractivity contribution in [3.05, 3.63) is 87.4 Å². The van der Waals surface area contributed by atoms with Crippen LogP contribution in [0, 0.1) is 0 Å². The second-order valence-electron chi connectivity index (χ2n) is 6.37. The number of nitrogens with one attached hydrogen (secondary N) is 2. The maximum absolute atomic E-state index is 12.4. The van der Waals surface area contributed by atoms with Crippen LogP contribution < -0.4 is 15.4 Å². The van der Waals surface area contributed by atoms with Gasteiger partial charge in [0.25, 0.3) is 11.8 Å². The van der Waals surface area contributed by atoms with E-state index in [1.807, 2.05) is 0 Å². The van der Waals surface area contributed by atoms with E-state index in [0.29, 0.717) is 37.8 Å². The average Bonchev–Trinajstić information content (AvgIpc) is 2.71. The van der Waals surface area contributed by atoms with Gasteiger partial charge in [0.2, 0.25) is 0 Å². The van der Waals surface area contributed by atoms with E-state index < -0.39 is 6.10 Å². The molecular formula is C22H17Cl3N2O3. The Hall–Kier alpha value is -2.73. The Morgan fingerprint density at radius 2 is 1.47 bits per heavy atom. The van der Waals surface area contributed by atoms with Gasteiger partial charge in [0, 0.05) is 27.0 Å². The lowest BCUT2D eigenvalue weighted by atomic mass is 10.2. The number of ether oxygens (including phenoxy) is 1. The molecule has 0 aromatic heterocycles. The zero-order valence-electron chi connectivity index (χ0n) is 15.8. The number of rotatable bonds is 6. The number of hydrogen-bond acceptors (Lipinski definition) is 3. The van der Waals surface area contributed by atoms with Crippen molar-refractivity contribution in [2.24, 2.45) is 0 Å². The van der Waals surface area contributed by atoms with Crippen LogP contribution in [0.15, 0.2) is 66.7 Å². The Labute approximate surface area is 188 Å². The van der Waals surface area contributed by atoms with Crippen LogP contribution in [0.1, 0.15) is 17.3 Å². The molecule has 0 aliphatic heterocycles. The highest BCUT2D eigenvalue weighted by atomic mass is 35.5. The largest absolute Gasteiger partial charge is 0.479 e. The fourth-order valence-corrected chi connectivity index (χ4v) is 3.17. The fraction of sp³-hybridized carbons (Fsp3) is 0.0909. The number of anilines is 2. The van der Waals surface area contributed by atoms with Crippen LogP contribution in [-0.4, -0.2) is 17.9 Å². The molecule has 3 rings (SSSR count). The minimum atomic E-state index is -0.786. The van der Waals surface area contributed by atoms with Gasteiger partial charge < -0.3 is 15.4 Å². The topological polar surface area (TPSA) is 67.4 Å². The van der Waals surface area contributed by atoms with Crippen molar-refractivity contribution < 1.29 is 14.3 Å². The van der Waals surface area contributed by atoms with Crippen LogP contribution in [-0.2, 0) is 4.79 Å². The Morgan fingerprint density at radius 1 is 0.833 bits per heavy atom. The van der Waals surface area contributed by atoms with E-state index in [2.05, 4.69) is 10.6 Å². The van der Waals surface area contributed by atoms with Crippen LogP contribution in [0.3, 0.4) is 0 Å². The molecule has 5 nitrogen and oxygen atoms in total. The maximum Gasteiger partial charge on any atom is 0.265 e. The number of benzene rings is 3. The average molecular weight is 464 g/mol. The van der Waals surface area contributed by atoms with Crippen LogP contribution in [0.5, 0.6) is 5.75 Å². The molecule has 0 spiro atoms. The molecule has 0 aliphatic carbocycles. The van der Waals surface area contributed by atoms with E-state index in [-0.39, 0.29) is 11.8 Å². The van der Waals surface area contributed by atoms with Gasteiger partial charge in [-0.15, -0.1) is 0 Å². The van der Waals surface area contributed by atoms with Crippen LogP contribution in [0.25, 0.3) is 0 Å². The summed E-state index contributed by atoms with van der Waals surface area (Å²) in [6.07, 6.45) is -0.786. The summed E-state index contributed by atoms with van der Waals surface area (Å²) in [6.45, 7) is 1.61. The van der Waals surface area contributed by atoms with E-state index in [1.165, 1.54) is 0 Å². The maximum atomic E-state index is 12.4. The van der Waals surface area contributed by atoms with Crippen molar-refractivity contribution in [3.63, 3.8) is 0 Å². The molecule has 0 fully saturated rings. The first-order valence-corrected chi connectivity index (χ1v) is 10.0. The highest BCUT2D eigenvalue weighted by Crippen LogP contribution is 2.28. The molecule has 0 bridgehead atoms. The van der Waals surface area contributed by atoms with Crippen LogP contribution in [0.2, 0.25) is 15.1 Å². The van der Waals surface area contributed by atoms with E-state index in [9.17, 15) is 9.59 Å². The normalized spacial score (nSPS) is 11.5. The van der Waals surface area contributed by atoms with Gasteiger partial charge in [0.1, 0.15) is 5.75 Å². The Kier molecular flexibility index (Phi) is 7.21. The number of amides is 2. The van der Waals surface area contributed by atoms with Crippen molar-refractivity contribution in [3.8, 4) is 5.75 Å². The molecule has 0 saturated heterocycles. The predicted octanol–water partition coefficient (Wildman–Crippen LogP) is 6.31. The first-order chi connectivity index (χ1) is 14.3. The summed E-state index contributed by atoms with van der Waals surface area (Å²) in [7, 11) is 0. The Morgan fingerprint density at radius 3 is 2.10 bits per heavy atom. The van der Waals surface area contributed by atoms with Gasteiger partial charge in [-0.2, -0.15) is 0 Å². The molecule has 0 heterocycles. The smallest absolute Gasteiger partial charge is 0.265 e. The molecule has 2 N–H and O–H groups in total. The van der Waals surface area contributed by atoms with Gasteiger partial charge in [-0.3, -0.25) is 9.59 Å². The summed E-state index contributed by atoms with van der Waals surface area (Å²) in [4.78, 5) is 24.7. The van der Waals surface area contributed by atoms with Crippen LogP contribution >= 0.6 is 34.8 Å². The summed E-state index contributed by atoms with van der Waals surface area (Å²) >= 11 is 17.8. The molecule has 30 heavy (non-hydrogen) atoms. The fourth-order valence-electron chi connectivity index (χ4n) is 2.53. The molecule has 0 saturated carbocycles. The van der Waals surface area contributed by atoms with Crippen molar-refractivity contribution in [1.82, 2.24) is 0 Å². The molecule has 8 heteroatoms. The highest BCUT2D eigenvalue weighted by molar-refractivity contribution is 6.35. The van der Waals surface area contributed by atoms with Crippen molar-refractivity contribution in [1.29, 1.82) is 0 Å². The SMILES string of the molecule is CC(Oc1ccc(Cl)cc1Cl)C(=O)Nc1ccc(NC(=O)c2cccc(Cl)c2)cc1. The van der Waals surface area contributed by atoms with Gasteiger partial charge in [-0.05, 0) is 67.6 Å². The number of carbonyl (C=O) groups excluding carboxylic acids is 2. The minimum absolute atomic E-state index is 0.281. The lowest BCUT2D eigenvalue weighted by molar-refractivity contribution is -0.122. The first kappa shape index (κ1) is 22.0. The summed E-state index contributed by atoms with van der Waals surface area (Å²) in [5.74, 6) is -0.268. The van der Waals surface area contributed by atoms with Crippen molar-refractivity contribution in [2.75, 3.05) is 10.6 Å². The molecule has 2 amide bonds. The molecule has 1 atom stereocenters. The summed E-state index contributed by atoms with van der Waals surface area (Å²) < 4.78 is 5.60. The van der Waals surface area contributed by atoms with E-state index in [1.54, 1.807) is 73.7 Å². The van der Waals surface area contributed by atoms with Crippen molar-refractivity contribution in [2.45, 2.75) is 13.0 Å². The molecule has 3 aromatic rings. The van der Waals surface area contributed by atoms with Gasteiger partial charge in [0.15, 0.2) is 6.10 Å². The second-order valence-corrected chi connectivity index (χ2v) is 7.65. The quantitative estimate of drug-likeness (QED) is 0.450. The third kappa shape index (κ3) is 5.89. The molecular weight excluding hydrogens is 447 g/mol. The van der Waals surface area contributed by atoms with Gasteiger partial charge in [0.05, 0.1) is 5.02 Å². The molecule has 3 aromatic carbocycles. The molecule has 154 valence electrons. The summed E-state index contributed by atoms with van der Waals surface area (Å²) in [5.41, 5.74) is 1.58. The number of carbonyl (C=O) groups is 2. The van der Waals surface area contributed by atoms with Gasteiger partial charge in [-0.1, -0.05) is 40.9 Å². The molecule has 1 unspecified atom stereocenters. The lowest BCUT2D eigenvalue weighted by Gasteiger charge is -2.16. The number of hydrogen-bond donors (Lipinski definition) is 2. The minimum Gasteiger partial charge on any atom is -0.479 e.